The fourth-order valence-corrected chi connectivity index (χ4v) is 6.15. The van der Waals surface area contributed by atoms with Gasteiger partial charge in [0.1, 0.15) is 0 Å². The minimum Gasteiger partial charge on any atom is -0.0654 e. The lowest BCUT2D eigenvalue weighted by Gasteiger charge is -2.25. The molecule has 0 nitrogen and oxygen atoms in total. The summed E-state index contributed by atoms with van der Waals surface area (Å²) in [6, 6.07) is 0. The molecule has 0 spiro atoms. The summed E-state index contributed by atoms with van der Waals surface area (Å²) in [5, 5.41) is 0. The quantitative estimate of drug-likeness (QED) is 0.347. The molecule has 0 aromatic heterocycles. The van der Waals surface area contributed by atoms with Gasteiger partial charge in [0.15, 0.2) is 0 Å². The van der Waals surface area contributed by atoms with Crippen LogP contribution in [0.25, 0.3) is 0 Å². The molecule has 0 aliphatic carbocycles. The maximum atomic E-state index is 2.44. The van der Waals surface area contributed by atoms with E-state index in [4.69, 9.17) is 0 Å². The zero-order chi connectivity index (χ0) is 11.6. The number of hydrogen-bond acceptors (Lipinski definition) is 0. The van der Waals surface area contributed by atoms with Crippen LogP contribution in [0.3, 0.4) is 0 Å². The standard InChI is InChI=1S/C14H32P/c1-5-9-11-12-14-15(7-3,8-4)13-10-6-2/h5-14H2,1-4H3/q+1. The second-order valence-corrected chi connectivity index (χ2v) is 9.68. The smallest absolute Gasteiger partial charge is 0.0594 e. The van der Waals surface area contributed by atoms with Gasteiger partial charge in [-0.25, -0.2) is 0 Å². The highest BCUT2D eigenvalue weighted by Crippen LogP contribution is 2.59. The Morgan fingerprint density at radius 2 is 1.13 bits per heavy atom. The van der Waals surface area contributed by atoms with E-state index >= 15 is 0 Å². The molecule has 0 saturated heterocycles. The van der Waals surface area contributed by atoms with Gasteiger partial charge in [0.25, 0.3) is 0 Å². The van der Waals surface area contributed by atoms with Gasteiger partial charge in [-0.15, -0.1) is 0 Å². The van der Waals surface area contributed by atoms with Crippen LogP contribution in [0, 0.1) is 0 Å². The lowest BCUT2D eigenvalue weighted by molar-refractivity contribution is 0.702. The molecule has 92 valence electrons. The van der Waals surface area contributed by atoms with Crippen LogP contribution >= 0.6 is 7.26 Å². The molecule has 0 aromatic rings. The summed E-state index contributed by atoms with van der Waals surface area (Å²) in [5.41, 5.74) is 0. The normalized spacial score (nSPS) is 12.0. The molecule has 1 heteroatoms. The molecule has 0 aromatic carbocycles. The van der Waals surface area contributed by atoms with Gasteiger partial charge in [-0.1, -0.05) is 33.1 Å². The average molecular weight is 231 g/mol. The Labute approximate surface area is 98.6 Å². The Balaban J connectivity index is 3.88. The van der Waals surface area contributed by atoms with Crippen molar-refractivity contribution in [2.75, 3.05) is 24.6 Å². The zero-order valence-corrected chi connectivity index (χ0v) is 12.4. The molecular formula is C14H32P+. The first-order chi connectivity index (χ1) is 7.24. The number of unbranched alkanes of at least 4 members (excludes halogenated alkanes) is 4. The first-order valence-corrected chi connectivity index (χ1v) is 9.62. The largest absolute Gasteiger partial charge is 0.0654 e. The van der Waals surface area contributed by atoms with Crippen molar-refractivity contribution in [1.82, 2.24) is 0 Å². The summed E-state index contributed by atoms with van der Waals surface area (Å²) in [6.07, 6.45) is 14.8. The summed E-state index contributed by atoms with van der Waals surface area (Å²) in [7, 11) is -0.515. The van der Waals surface area contributed by atoms with Crippen LogP contribution < -0.4 is 0 Å². The summed E-state index contributed by atoms with van der Waals surface area (Å²) in [5.74, 6) is 0. The van der Waals surface area contributed by atoms with E-state index in [1.807, 2.05) is 0 Å². The second-order valence-electron chi connectivity index (χ2n) is 4.84. The SMILES string of the molecule is CCCCCC[P+](CC)(CC)CCCC. The minimum absolute atomic E-state index is 0.515. The third-order valence-corrected chi connectivity index (χ3v) is 9.03. The molecule has 0 aliphatic rings. The Morgan fingerprint density at radius 1 is 0.600 bits per heavy atom. The van der Waals surface area contributed by atoms with Crippen molar-refractivity contribution in [2.24, 2.45) is 0 Å². The van der Waals surface area contributed by atoms with Crippen molar-refractivity contribution in [1.29, 1.82) is 0 Å². The van der Waals surface area contributed by atoms with E-state index in [9.17, 15) is 0 Å². The molecule has 0 bridgehead atoms. The van der Waals surface area contributed by atoms with Crippen LogP contribution in [0.1, 0.15) is 66.2 Å². The van der Waals surface area contributed by atoms with E-state index in [2.05, 4.69) is 27.7 Å². The molecule has 0 radical (unpaired) electrons. The van der Waals surface area contributed by atoms with Crippen molar-refractivity contribution in [3.05, 3.63) is 0 Å². The van der Waals surface area contributed by atoms with E-state index in [0.717, 1.165) is 0 Å². The van der Waals surface area contributed by atoms with Crippen LogP contribution in [0.15, 0.2) is 0 Å². The number of hydrogen-bond donors (Lipinski definition) is 0. The second kappa shape index (κ2) is 9.64. The summed E-state index contributed by atoms with van der Waals surface area (Å²) >= 11 is 0. The van der Waals surface area contributed by atoms with Crippen molar-refractivity contribution in [3.8, 4) is 0 Å². The molecule has 0 saturated carbocycles. The topological polar surface area (TPSA) is 0 Å². The molecule has 15 heavy (non-hydrogen) atoms. The van der Waals surface area contributed by atoms with Gasteiger partial charge in [0.2, 0.25) is 0 Å². The predicted molar refractivity (Wildman–Crippen MR) is 76.8 cm³/mol. The Morgan fingerprint density at radius 3 is 1.60 bits per heavy atom. The van der Waals surface area contributed by atoms with Gasteiger partial charge < -0.3 is 0 Å². The van der Waals surface area contributed by atoms with Crippen LogP contribution in [-0.2, 0) is 0 Å². The highest BCUT2D eigenvalue weighted by molar-refractivity contribution is 7.75. The van der Waals surface area contributed by atoms with Crippen LogP contribution in [0.5, 0.6) is 0 Å². The Kier molecular flexibility index (Phi) is 9.92. The third-order valence-electron chi connectivity index (χ3n) is 3.81. The Bertz CT molecular complexity index is 127. The molecule has 0 aliphatic heterocycles. The van der Waals surface area contributed by atoms with Gasteiger partial charge >= 0.3 is 0 Å². The van der Waals surface area contributed by atoms with Gasteiger partial charge in [-0.05, 0) is 33.1 Å². The summed E-state index contributed by atoms with van der Waals surface area (Å²) < 4.78 is 0. The fraction of sp³-hybridized carbons (Fsp3) is 1.00. The van der Waals surface area contributed by atoms with Crippen LogP contribution in [0.2, 0.25) is 0 Å². The van der Waals surface area contributed by atoms with Crippen LogP contribution in [-0.4, -0.2) is 24.6 Å². The summed E-state index contributed by atoms with van der Waals surface area (Å²) in [4.78, 5) is 0. The lowest BCUT2D eigenvalue weighted by atomic mass is 10.2. The van der Waals surface area contributed by atoms with E-state index < -0.39 is 7.26 Å². The molecule has 0 atom stereocenters. The first-order valence-electron chi connectivity index (χ1n) is 7.09. The highest BCUT2D eigenvalue weighted by Gasteiger charge is 2.31. The van der Waals surface area contributed by atoms with Crippen molar-refractivity contribution in [2.45, 2.75) is 66.2 Å². The monoisotopic (exact) mass is 231 g/mol. The predicted octanol–water partition coefficient (Wildman–Crippen LogP) is 5.42. The highest BCUT2D eigenvalue weighted by atomic mass is 31.2. The van der Waals surface area contributed by atoms with Gasteiger partial charge in [0, 0.05) is 7.26 Å². The molecule has 0 heterocycles. The van der Waals surface area contributed by atoms with Crippen molar-refractivity contribution < 1.29 is 0 Å². The van der Waals surface area contributed by atoms with Gasteiger partial charge in [-0.2, -0.15) is 0 Å². The third kappa shape index (κ3) is 6.56. The zero-order valence-electron chi connectivity index (χ0n) is 11.5. The van der Waals surface area contributed by atoms with Gasteiger partial charge in [-0.3, -0.25) is 0 Å². The fourth-order valence-electron chi connectivity index (χ4n) is 2.34. The molecule has 0 rings (SSSR count). The molecule has 0 N–H and O–H groups in total. The molecule has 0 fully saturated rings. The van der Waals surface area contributed by atoms with Crippen molar-refractivity contribution in [3.63, 3.8) is 0 Å². The van der Waals surface area contributed by atoms with E-state index in [-0.39, 0.29) is 0 Å². The maximum absolute atomic E-state index is 2.44. The molecule has 0 unspecified atom stereocenters. The maximum Gasteiger partial charge on any atom is 0.0594 e. The lowest BCUT2D eigenvalue weighted by Crippen LogP contribution is -2.09. The van der Waals surface area contributed by atoms with Crippen LogP contribution in [0.4, 0.5) is 0 Å². The van der Waals surface area contributed by atoms with E-state index in [1.54, 1.807) is 12.3 Å². The summed E-state index contributed by atoms with van der Waals surface area (Å²) in [6.45, 7) is 9.51. The molecule has 0 amide bonds. The average Bonchev–Trinajstić information content (AvgIpc) is 2.29. The Hall–Kier alpha value is 0.430. The van der Waals surface area contributed by atoms with E-state index in [1.165, 1.54) is 50.8 Å². The molecular weight excluding hydrogens is 199 g/mol. The van der Waals surface area contributed by atoms with E-state index in [0.29, 0.717) is 0 Å². The van der Waals surface area contributed by atoms with Crippen molar-refractivity contribution >= 4 is 7.26 Å². The first kappa shape index (κ1) is 15.4. The minimum atomic E-state index is -0.515. The van der Waals surface area contributed by atoms with Gasteiger partial charge in [0.05, 0.1) is 24.6 Å². The number of rotatable bonds is 10.